The number of hydrogen-bond donors (Lipinski definition) is 1. The van der Waals surface area contributed by atoms with Crippen LogP contribution in [0.25, 0.3) is 0 Å². The number of nitrogens with zero attached hydrogens (tertiary/aromatic N) is 2. The SMILES string of the molecule is CCCNC(=O)[C@@H](CC)N(Cc1ccccc1C)C(=O)CN(c1ccc(F)c(Cl)c1)S(C)(=O)=O. The van der Waals surface area contributed by atoms with E-state index >= 15 is 0 Å². The molecule has 1 N–H and O–H groups in total. The van der Waals surface area contributed by atoms with E-state index < -0.39 is 34.3 Å². The lowest BCUT2D eigenvalue weighted by molar-refractivity contribution is -0.140. The van der Waals surface area contributed by atoms with E-state index in [9.17, 15) is 22.4 Å². The van der Waals surface area contributed by atoms with Crippen molar-refractivity contribution in [2.45, 2.75) is 46.2 Å². The Morgan fingerprint density at radius 2 is 1.82 bits per heavy atom. The molecule has 186 valence electrons. The largest absolute Gasteiger partial charge is 0.354 e. The third kappa shape index (κ3) is 7.17. The van der Waals surface area contributed by atoms with E-state index in [1.807, 2.05) is 38.1 Å². The molecular formula is C24H31ClFN3O4S. The van der Waals surface area contributed by atoms with Crippen LogP contribution in [0.4, 0.5) is 10.1 Å². The number of amides is 2. The van der Waals surface area contributed by atoms with Crippen LogP contribution in [0.3, 0.4) is 0 Å². The van der Waals surface area contributed by atoms with Crippen molar-refractivity contribution in [3.05, 3.63) is 64.4 Å². The van der Waals surface area contributed by atoms with Gasteiger partial charge in [-0.3, -0.25) is 13.9 Å². The van der Waals surface area contributed by atoms with Gasteiger partial charge in [0.05, 0.1) is 17.0 Å². The molecule has 0 aromatic heterocycles. The van der Waals surface area contributed by atoms with Crippen molar-refractivity contribution in [2.24, 2.45) is 0 Å². The Morgan fingerprint density at radius 1 is 1.15 bits per heavy atom. The van der Waals surface area contributed by atoms with Crippen molar-refractivity contribution in [3.63, 3.8) is 0 Å². The summed E-state index contributed by atoms with van der Waals surface area (Å²) in [6.45, 7) is 5.65. The molecule has 2 aromatic carbocycles. The average molecular weight is 512 g/mol. The monoisotopic (exact) mass is 511 g/mol. The zero-order valence-electron chi connectivity index (χ0n) is 19.8. The average Bonchev–Trinajstić information content (AvgIpc) is 2.78. The van der Waals surface area contributed by atoms with E-state index in [0.29, 0.717) is 13.0 Å². The Morgan fingerprint density at radius 3 is 2.38 bits per heavy atom. The van der Waals surface area contributed by atoms with E-state index in [-0.39, 0.29) is 23.2 Å². The summed E-state index contributed by atoms with van der Waals surface area (Å²) in [5, 5.41) is 2.56. The number of benzene rings is 2. The van der Waals surface area contributed by atoms with E-state index in [0.717, 1.165) is 40.2 Å². The van der Waals surface area contributed by atoms with Gasteiger partial charge in [0.2, 0.25) is 21.8 Å². The first-order valence-electron chi connectivity index (χ1n) is 11.0. The molecule has 10 heteroatoms. The number of rotatable bonds is 11. The molecule has 2 aromatic rings. The number of nitrogens with one attached hydrogen (secondary N) is 1. The highest BCUT2D eigenvalue weighted by molar-refractivity contribution is 7.92. The van der Waals surface area contributed by atoms with Gasteiger partial charge in [0.1, 0.15) is 18.4 Å². The van der Waals surface area contributed by atoms with E-state index in [1.165, 1.54) is 11.0 Å². The van der Waals surface area contributed by atoms with Gasteiger partial charge in [-0.25, -0.2) is 12.8 Å². The van der Waals surface area contributed by atoms with E-state index in [1.54, 1.807) is 6.92 Å². The molecule has 0 fully saturated rings. The molecule has 0 aliphatic heterocycles. The third-order valence-corrected chi connectivity index (χ3v) is 6.84. The fraction of sp³-hybridized carbons (Fsp3) is 0.417. The van der Waals surface area contributed by atoms with Crippen molar-refractivity contribution < 1.29 is 22.4 Å². The highest BCUT2D eigenvalue weighted by Gasteiger charge is 2.32. The summed E-state index contributed by atoms with van der Waals surface area (Å²) >= 11 is 5.85. The van der Waals surface area contributed by atoms with Gasteiger partial charge >= 0.3 is 0 Å². The van der Waals surface area contributed by atoms with Crippen molar-refractivity contribution >= 4 is 39.1 Å². The molecule has 0 radical (unpaired) electrons. The molecule has 0 bridgehead atoms. The van der Waals surface area contributed by atoms with Crippen molar-refractivity contribution in [2.75, 3.05) is 23.7 Å². The molecule has 7 nitrogen and oxygen atoms in total. The molecule has 0 aliphatic rings. The van der Waals surface area contributed by atoms with Gasteiger partial charge in [0.15, 0.2) is 0 Å². The normalized spacial score (nSPS) is 12.2. The first kappa shape index (κ1) is 27.6. The van der Waals surface area contributed by atoms with Crippen LogP contribution < -0.4 is 9.62 Å². The smallest absolute Gasteiger partial charge is 0.244 e. The van der Waals surface area contributed by atoms with Crippen molar-refractivity contribution in [3.8, 4) is 0 Å². The van der Waals surface area contributed by atoms with Gasteiger partial charge in [0, 0.05) is 13.1 Å². The van der Waals surface area contributed by atoms with Crippen LogP contribution in [-0.2, 0) is 26.2 Å². The van der Waals surface area contributed by atoms with E-state index in [4.69, 9.17) is 11.6 Å². The first-order chi connectivity index (χ1) is 16.0. The standard InChI is InChI=1S/C24H31ClFN3O4S/c1-5-13-27-24(31)22(6-2)28(15-18-10-8-7-9-17(18)3)23(30)16-29(34(4,32)33)19-11-12-21(26)20(25)14-19/h7-12,14,22H,5-6,13,15-16H2,1-4H3,(H,27,31)/t22-/m1/s1. The Kier molecular flexibility index (Phi) is 9.88. The maximum Gasteiger partial charge on any atom is 0.244 e. The zero-order chi connectivity index (χ0) is 25.5. The fourth-order valence-corrected chi connectivity index (χ4v) is 4.53. The first-order valence-corrected chi connectivity index (χ1v) is 13.3. The molecule has 34 heavy (non-hydrogen) atoms. The fourth-order valence-electron chi connectivity index (χ4n) is 3.51. The van der Waals surface area contributed by atoms with Crippen LogP contribution >= 0.6 is 11.6 Å². The van der Waals surface area contributed by atoms with Crippen LogP contribution in [0.5, 0.6) is 0 Å². The maximum absolute atomic E-state index is 13.7. The predicted molar refractivity (Wildman–Crippen MR) is 133 cm³/mol. The summed E-state index contributed by atoms with van der Waals surface area (Å²) in [6.07, 6.45) is 2.03. The van der Waals surface area contributed by atoms with Crippen molar-refractivity contribution in [1.29, 1.82) is 0 Å². The lowest BCUT2D eigenvalue weighted by Gasteiger charge is -2.33. The summed E-state index contributed by atoms with van der Waals surface area (Å²) in [5.74, 6) is -1.57. The minimum atomic E-state index is -3.92. The van der Waals surface area contributed by atoms with Crippen molar-refractivity contribution in [1.82, 2.24) is 10.2 Å². The minimum absolute atomic E-state index is 0.0570. The number of anilines is 1. The number of hydrogen-bond acceptors (Lipinski definition) is 4. The highest BCUT2D eigenvalue weighted by Crippen LogP contribution is 2.25. The van der Waals surface area contributed by atoms with Gasteiger partial charge in [0.25, 0.3) is 0 Å². The molecule has 2 amide bonds. The van der Waals surface area contributed by atoms with Crippen LogP contribution in [0, 0.1) is 12.7 Å². The summed E-state index contributed by atoms with van der Waals surface area (Å²) < 4.78 is 39.6. The Hall–Kier alpha value is -2.65. The van der Waals surface area contributed by atoms with Crippen LogP contribution in [0.2, 0.25) is 5.02 Å². The van der Waals surface area contributed by atoms with Gasteiger partial charge in [-0.15, -0.1) is 0 Å². The second-order valence-electron chi connectivity index (χ2n) is 8.03. The number of carbonyl (C=O) groups is 2. The third-order valence-electron chi connectivity index (χ3n) is 5.41. The van der Waals surface area contributed by atoms with E-state index in [2.05, 4.69) is 5.32 Å². The number of halogens is 2. The molecular weight excluding hydrogens is 481 g/mol. The molecule has 0 aliphatic carbocycles. The Bertz CT molecular complexity index is 1130. The number of carbonyl (C=O) groups excluding carboxylic acids is 2. The maximum atomic E-state index is 13.7. The molecule has 0 unspecified atom stereocenters. The zero-order valence-corrected chi connectivity index (χ0v) is 21.4. The second-order valence-corrected chi connectivity index (χ2v) is 10.3. The topological polar surface area (TPSA) is 86.8 Å². The quantitative estimate of drug-likeness (QED) is 0.496. The lowest BCUT2D eigenvalue weighted by Crippen LogP contribution is -2.52. The summed E-state index contributed by atoms with van der Waals surface area (Å²) in [7, 11) is -3.92. The van der Waals surface area contributed by atoms with Gasteiger partial charge in [-0.05, 0) is 49.1 Å². The van der Waals surface area contributed by atoms with Gasteiger partial charge < -0.3 is 10.2 Å². The number of aryl methyl sites for hydroxylation is 1. The molecule has 0 spiro atoms. The summed E-state index contributed by atoms with van der Waals surface area (Å²) in [6, 6.07) is 10.1. The molecule has 0 saturated heterocycles. The molecule has 1 atom stereocenters. The van der Waals surface area contributed by atoms with Crippen LogP contribution in [-0.4, -0.2) is 50.5 Å². The van der Waals surface area contributed by atoms with Gasteiger partial charge in [-0.2, -0.15) is 0 Å². The number of sulfonamides is 1. The molecule has 0 saturated carbocycles. The van der Waals surface area contributed by atoms with Gasteiger partial charge in [-0.1, -0.05) is 49.7 Å². The summed E-state index contributed by atoms with van der Waals surface area (Å²) in [5.41, 5.74) is 1.84. The van der Waals surface area contributed by atoms with Crippen LogP contribution in [0.1, 0.15) is 37.8 Å². The summed E-state index contributed by atoms with van der Waals surface area (Å²) in [4.78, 5) is 27.8. The van der Waals surface area contributed by atoms with Crippen LogP contribution in [0.15, 0.2) is 42.5 Å². The lowest BCUT2D eigenvalue weighted by atomic mass is 10.1. The predicted octanol–water partition coefficient (Wildman–Crippen LogP) is 3.89. The molecule has 0 heterocycles. The second kappa shape index (κ2) is 12.2. The Labute approximate surface area is 205 Å². The molecule has 2 rings (SSSR count). The highest BCUT2D eigenvalue weighted by atomic mass is 35.5. The minimum Gasteiger partial charge on any atom is -0.354 e. The Balaban J connectivity index is 2.46.